The van der Waals surface area contributed by atoms with Gasteiger partial charge in [-0.25, -0.2) is 22.6 Å². The van der Waals surface area contributed by atoms with Crippen molar-refractivity contribution in [1.29, 1.82) is 5.26 Å². The molecule has 10 nitrogen and oxygen atoms in total. The molecule has 4 rings (SSSR count). The van der Waals surface area contributed by atoms with Crippen molar-refractivity contribution >= 4 is 32.6 Å². The van der Waals surface area contributed by atoms with Crippen molar-refractivity contribution in [3.63, 3.8) is 0 Å². The van der Waals surface area contributed by atoms with E-state index in [0.717, 1.165) is 22.5 Å². The van der Waals surface area contributed by atoms with Gasteiger partial charge in [-0.2, -0.15) is 9.57 Å². The van der Waals surface area contributed by atoms with Crippen LogP contribution in [0.4, 0.5) is 4.39 Å². The Morgan fingerprint density at radius 1 is 1.26 bits per heavy atom. The number of aliphatic hydroxyl groups excluding tert-OH is 1. The third-order valence-corrected chi connectivity index (χ3v) is 7.03. The van der Waals surface area contributed by atoms with E-state index < -0.39 is 39.1 Å². The number of nitrogens with zero attached hydrogens (tertiary/aromatic N) is 3. The second kappa shape index (κ2) is 9.60. The Balaban J connectivity index is 1.53. The van der Waals surface area contributed by atoms with Crippen LogP contribution in [0.1, 0.15) is 16.2 Å². The van der Waals surface area contributed by atoms with Gasteiger partial charge in [0.15, 0.2) is 11.6 Å². The van der Waals surface area contributed by atoms with Gasteiger partial charge < -0.3 is 19.6 Å². The van der Waals surface area contributed by atoms with Gasteiger partial charge in [-0.05, 0) is 30.3 Å². The standard InChI is InChI=1S/C22H19FN4O6S/c23-16-6-5-14(11-20(16)34(30,31)27-7-9-32-10-8-27)22(29)33-13-19(28)15(12-24)21-25-17-3-1-2-4-18(17)26-21/h1-6,11,28H,7-10,13H2,(H,25,26)/b19-15-. The highest BCUT2D eigenvalue weighted by Gasteiger charge is 2.30. The molecular formula is C22H19FN4O6S. The molecule has 34 heavy (non-hydrogen) atoms. The van der Waals surface area contributed by atoms with E-state index in [4.69, 9.17) is 9.47 Å². The minimum atomic E-state index is -4.19. The van der Waals surface area contributed by atoms with Gasteiger partial charge in [-0.15, -0.1) is 0 Å². The maximum absolute atomic E-state index is 14.3. The molecule has 0 unspecified atom stereocenters. The lowest BCUT2D eigenvalue weighted by Gasteiger charge is -2.26. The van der Waals surface area contributed by atoms with Crippen molar-refractivity contribution in [2.75, 3.05) is 32.9 Å². The van der Waals surface area contributed by atoms with E-state index in [1.165, 1.54) is 0 Å². The van der Waals surface area contributed by atoms with Crippen LogP contribution in [0.2, 0.25) is 0 Å². The number of H-pyrrole nitrogens is 1. The number of fused-ring (bicyclic) bond motifs is 1. The molecule has 0 amide bonds. The minimum Gasteiger partial charge on any atom is -0.507 e. The van der Waals surface area contributed by atoms with Crippen LogP contribution >= 0.6 is 0 Å². The summed E-state index contributed by atoms with van der Waals surface area (Å²) >= 11 is 0. The van der Waals surface area contributed by atoms with Gasteiger partial charge in [-0.1, -0.05) is 12.1 Å². The average Bonchev–Trinajstić information content (AvgIpc) is 3.27. The highest BCUT2D eigenvalue weighted by Crippen LogP contribution is 2.23. The summed E-state index contributed by atoms with van der Waals surface area (Å²) in [5.41, 5.74) is 0.771. The zero-order chi connectivity index (χ0) is 24.3. The third kappa shape index (κ3) is 4.62. The Morgan fingerprint density at radius 2 is 2.00 bits per heavy atom. The van der Waals surface area contributed by atoms with Crippen LogP contribution in [0.25, 0.3) is 16.6 Å². The van der Waals surface area contributed by atoms with Crippen LogP contribution < -0.4 is 0 Å². The topological polar surface area (TPSA) is 146 Å². The molecule has 1 saturated heterocycles. The monoisotopic (exact) mass is 486 g/mol. The lowest BCUT2D eigenvalue weighted by molar-refractivity contribution is 0.0502. The number of ether oxygens (including phenoxy) is 2. The molecule has 0 bridgehead atoms. The first-order chi connectivity index (χ1) is 16.3. The molecule has 1 fully saturated rings. The lowest BCUT2D eigenvalue weighted by atomic mass is 10.2. The van der Waals surface area contributed by atoms with E-state index in [1.807, 2.05) is 6.07 Å². The second-order valence-electron chi connectivity index (χ2n) is 7.27. The third-order valence-electron chi connectivity index (χ3n) is 5.12. The number of carbonyl (C=O) groups is 1. The van der Waals surface area contributed by atoms with Crippen LogP contribution in [0.15, 0.2) is 53.1 Å². The normalized spacial score (nSPS) is 15.5. The van der Waals surface area contributed by atoms with Crippen molar-refractivity contribution in [3.05, 3.63) is 65.4 Å². The lowest BCUT2D eigenvalue weighted by Crippen LogP contribution is -2.41. The first-order valence-corrected chi connectivity index (χ1v) is 11.6. The number of nitriles is 1. The van der Waals surface area contributed by atoms with E-state index in [-0.39, 0.29) is 43.3 Å². The van der Waals surface area contributed by atoms with E-state index >= 15 is 0 Å². The first kappa shape index (κ1) is 23.4. The fraction of sp³-hybridized carbons (Fsp3) is 0.227. The second-order valence-corrected chi connectivity index (χ2v) is 9.18. The number of para-hydroxylation sites is 2. The van der Waals surface area contributed by atoms with E-state index in [2.05, 4.69) is 9.97 Å². The fourth-order valence-electron chi connectivity index (χ4n) is 3.37. The van der Waals surface area contributed by atoms with Gasteiger partial charge in [-0.3, -0.25) is 0 Å². The number of morpholine rings is 1. The molecule has 1 aliphatic heterocycles. The fourth-order valence-corrected chi connectivity index (χ4v) is 4.87. The van der Waals surface area contributed by atoms with E-state index in [9.17, 15) is 28.0 Å². The van der Waals surface area contributed by atoms with Crippen LogP contribution in [-0.2, 0) is 19.5 Å². The van der Waals surface area contributed by atoms with Crippen molar-refractivity contribution in [3.8, 4) is 6.07 Å². The first-order valence-electron chi connectivity index (χ1n) is 10.1. The molecular weight excluding hydrogens is 467 g/mol. The Bertz CT molecular complexity index is 1390. The number of rotatable bonds is 6. The molecule has 0 saturated carbocycles. The largest absolute Gasteiger partial charge is 0.507 e. The maximum Gasteiger partial charge on any atom is 0.338 e. The highest BCUT2D eigenvalue weighted by atomic mass is 32.2. The highest BCUT2D eigenvalue weighted by molar-refractivity contribution is 7.89. The summed E-state index contributed by atoms with van der Waals surface area (Å²) in [4.78, 5) is 18.9. The number of allylic oxidation sites excluding steroid dienone is 1. The molecule has 0 spiro atoms. The number of esters is 1. The molecule has 0 aliphatic carbocycles. The van der Waals surface area contributed by atoms with E-state index in [0.29, 0.717) is 11.0 Å². The molecule has 176 valence electrons. The van der Waals surface area contributed by atoms with Crippen molar-refractivity contribution in [2.45, 2.75) is 4.90 Å². The van der Waals surface area contributed by atoms with Crippen molar-refractivity contribution in [1.82, 2.24) is 14.3 Å². The van der Waals surface area contributed by atoms with Crippen LogP contribution in [0.5, 0.6) is 0 Å². The number of benzene rings is 2. The maximum atomic E-state index is 14.3. The molecule has 2 N–H and O–H groups in total. The van der Waals surface area contributed by atoms with Crippen LogP contribution in [-0.4, -0.2) is 66.7 Å². The van der Waals surface area contributed by atoms with Crippen molar-refractivity contribution < 1.29 is 32.2 Å². The Kier molecular flexibility index (Phi) is 6.60. The molecule has 1 aliphatic rings. The number of nitrogens with one attached hydrogen (secondary N) is 1. The molecule has 2 aromatic carbocycles. The summed E-state index contributed by atoms with van der Waals surface area (Å²) < 4.78 is 51.2. The predicted octanol–water partition coefficient (Wildman–Crippen LogP) is 2.37. The van der Waals surface area contributed by atoms with Crippen LogP contribution in [0.3, 0.4) is 0 Å². The Morgan fingerprint density at radius 3 is 2.71 bits per heavy atom. The zero-order valence-corrected chi connectivity index (χ0v) is 18.5. The van der Waals surface area contributed by atoms with E-state index in [1.54, 1.807) is 24.3 Å². The number of halogens is 1. The summed E-state index contributed by atoms with van der Waals surface area (Å²) in [6, 6.07) is 11.6. The van der Waals surface area contributed by atoms with Gasteiger partial charge in [0.05, 0.1) is 29.8 Å². The summed E-state index contributed by atoms with van der Waals surface area (Å²) in [5.74, 6) is -2.48. The van der Waals surface area contributed by atoms with Crippen LogP contribution in [0, 0.1) is 17.1 Å². The smallest absolute Gasteiger partial charge is 0.338 e. The number of sulfonamides is 1. The van der Waals surface area contributed by atoms with Gasteiger partial charge in [0.2, 0.25) is 10.0 Å². The quantitative estimate of drug-likeness (QED) is 0.307. The number of hydrogen-bond acceptors (Lipinski definition) is 8. The summed E-state index contributed by atoms with van der Waals surface area (Å²) in [6.45, 7) is -0.190. The number of carbonyl (C=O) groups excluding carboxylic acids is 1. The zero-order valence-electron chi connectivity index (χ0n) is 17.7. The van der Waals surface area contributed by atoms with Gasteiger partial charge in [0.25, 0.3) is 0 Å². The Labute approximate surface area is 193 Å². The number of aromatic nitrogens is 2. The molecule has 12 heteroatoms. The summed E-state index contributed by atoms with van der Waals surface area (Å²) in [7, 11) is -4.19. The van der Waals surface area contributed by atoms with Gasteiger partial charge >= 0.3 is 5.97 Å². The number of aliphatic hydroxyl groups is 1. The molecule has 3 aromatic rings. The molecule has 0 atom stereocenters. The summed E-state index contributed by atoms with van der Waals surface area (Å²) in [6.07, 6.45) is 0. The molecule has 0 radical (unpaired) electrons. The number of hydrogen-bond donors (Lipinski definition) is 2. The predicted molar refractivity (Wildman–Crippen MR) is 118 cm³/mol. The van der Waals surface area contributed by atoms with Gasteiger partial charge in [0.1, 0.15) is 29.0 Å². The number of imidazole rings is 1. The molecule has 2 heterocycles. The molecule has 1 aromatic heterocycles. The average molecular weight is 486 g/mol. The minimum absolute atomic E-state index is 0.0633. The summed E-state index contributed by atoms with van der Waals surface area (Å²) in [5, 5.41) is 19.8. The SMILES string of the molecule is N#C/C(=C(/O)COC(=O)c1ccc(F)c(S(=O)(=O)N2CCOCC2)c1)c1nc2ccccc2[nH]1. The Hall–Kier alpha value is -3.79. The van der Waals surface area contributed by atoms with Crippen molar-refractivity contribution in [2.24, 2.45) is 0 Å². The number of aromatic amines is 1. The van der Waals surface area contributed by atoms with Gasteiger partial charge in [0, 0.05) is 13.1 Å².